The fraction of sp³-hybridized carbons (Fsp3) is 0.424. The molecule has 212 valence electrons. The molecule has 7 heteroatoms. The Kier molecular flexibility index (Phi) is 9.14. The van der Waals surface area contributed by atoms with Crippen LogP contribution >= 0.6 is 34.8 Å². The van der Waals surface area contributed by atoms with Crippen molar-refractivity contribution < 1.29 is 9.90 Å². The Bertz CT molecular complexity index is 1330. The summed E-state index contributed by atoms with van der Waals surface area (Å²) in [7, 11) is 0. The minimum absolute atomic E-state index is 0.173. The van der Waals surface area contributed by atoms with Gasteiger partial charge in [-0.3, -0.25) is 4.79 Å². The van der Waals surface area contributed by atoms with Crippen LogP contribution < -0.4 is 0 Å². The van der Waals surface area contributed by atoms with Crippen LogP contribution in [-0.4, -0.2) is 47.0 Å². The fourth-order valence-electron chi connectivity index (χ4n) is 6.95. The third kappa shape index (κ3) is 5.80. The van der Waals surface area contributed by atoms with Crippen molar-refractivity contribution in [2.75, 3.05) is 26.2 Å². The van der Waals surface area contributed by atoms with E-state index in [1.807, 2.05) is 24.3 Å². The predicted molar refractivity (Wildman–Crippen MR) is 164 cm³/mol. The van der Waals surface area contributed by atoms with Gasteiger partial charge in [-0.15, -0.1) is 0 Å². The molecule has 0 aliphatic carbocycles. The van der Waals surface area contributed by atoms with E-state index in [0.717, 1.165) is 50.9 Å². The molecule has 0 spiro atoms. The molecule has 5 rings (SSSR count). The van der Waals surface area contributed by atoms with Crippen LogP contribution in [0, 0.1) is 5.92 Å². The molecule has 0 aromatic heterocycles. The summed E-state index contributed by atoms with van der Waals surface area (Å²) < 4.78 is 0. The normalized spacial score (nSPS) is 24.3. The molecule has 1 amide bonds. The summed E-state index contributed by atoms with van der Waals surface area (Å²) >= 11 is 19.4. The minimum Gasteiger partial charge on any atom is -0.366 e. The molecule has 3 aromatic rings. The third-order valence-corrected chi connectivity index (χ3v) is 10.0. The maximum atomic E-state index is 13.1. The van der Waals surface area contributed by atoms with Gasteiger partial charge in [0.2, 0.25) is 5.91 Å². The number of carbonyl (C=O) groups excluding carboxylic acids is 1. The highest BCUT2D eigenvalue weighted by Gasteiger charge is 2.58. The highest BCUT2D eigenvalue weighted by atomic mass is 35.5. The highest BCUT2D eigenvalue weighted by Crippen LogP contribution is 2.54. The molecule has 2 heterocycles. The number of benzene rings is 3. The van der Waals surface area contributed by atoms with Crippen LogP contribution in [0.2, 0.25) is 15.1 Å². The highest BCUT2D eigenvalue weighted by molar-refractivity contribution is 6.42. The van der Waals surface area contributed by atoms with Crippen LogP contribution in [0.15, 0.2) is 72.8 Å². The fourth-order valence-corrected chi connectivity index (χ4v) is 7.44. The van der Waals surface area contributed by atoms with Crippen LogP contribution in [0.5, 0.6) is 0 Å². The number of nitrogens with zero attached hydrogens (tertiary/aromatic N) is 2. The minimum atomic E-state index is -1.61. The van der Waals surface area contributed by atoms with Crippen molar-refractivity contribution in [3.05, 3.63) is 105 Å². The molecule has 0 saturated carbocycles. The van der Waals surface area contributed by atoms with E-state index in [4.69, 9.17) is 34.8 Å². The SMILES string of the molecule is CC(=O)N1CCCC(CCN2CCC(Cc3ccccc3)CC2)(c2ccc(Cl)c(Cl)c2)C1(O)c1cccc(Cl)c1. The number of carbonyl (C=O) groups is 1. The second-order valence-electron chi connectivity index (χ2n) is 11.4. The standard InChI is InChI=1S/C33H37Cl3N2O2/c1-24(39)38-17-6-15-32(27-11-12-30(35)31(36)23-27,33(38,40)28-9-5-10-29(34)22-28)16-20-37-18-13-26(14-19-37)21-25-7-3-2-4-8-25/h2-5,7-12,22-23,26,40H,6,13-21H2,1H3. The van der Waals surface area contributed by atoms with Crippen LogP contribution in [0.25, 0.3) is 0 Å². The zero-order valence-corrected chi connectivity index (χ0v) is 25.2. The van der Waals surface area contributed by atoms with Gasteiger partial charge < -0.3 is 14.9 Å². The molecule has 2 aliphatic rings. The molecule has 2 aliphatic heterocycles. The van der Waals surface area contributed by atoms with E-state index in [9.17, 15) is 9.90 Å². The van der Waals surface area contributed by atoms with Crippen LogP contribution in [0.3, 0.4) is 0 Å². The van der Waals surface area contributed by atoms with E-state index < -0.39 is 11.1 Å². The molecule has 40 heavy (non-hydrogen) atoms. The van der Waals surface area contributed by atoms with Crippen LogP contribution in [0.4, 0.5) is 0 Å². The number of hydrogen-bond acceptors (Lipinski definition) is 3. The Morgan fingerprint density at radius 2 is 1.65 bits per heavy atom. The topological polar surface area (TPSA) is 43.8 Å². The van der Waals surface area contributed by atoms with Crippen molar-refractivity contribution in [1.29, 1.82) is 0 Å². The van der Waals surface area contributed by atoms with Gasteiger partial charge >= 0.3 is 0 Å². The van der Waals surface area contributed by atoms with Gasteiger partial charge in [-0.2, -0.15) is 0 Å². The van der Waals surface area contributed by atoms with Gasteiger partial charge in [0.1, 0.15) is 0 Å². The molecule has 3 aromatic carbocycles. The summed E-state index contributed by atoms with van der Waals surface area (Å²) in [6, 6.07) is 23.6. The quantitative estimate of drug-likeness (QED) is 0.302. The van der Waals surface area contributed by atoms with E-state index in [-0.39, 0.29) is 5.91 Å². The molecule has 1 N–H and O–H groups in total. The van der Waals surface area contributed by atoms with Crippen molar-refractivity contribution in [2.45, 2.75) is 56.6 Å². The number of aliphatic hydroxyl groups is 1. The van der Waals surface area contributed by atoms with E-state index in [1.54, 1.807) is 23.1 Å². The number of likely N-dealkylation sites (tertiary alicyclic amines) is 2. The largest absolute Gasteiger partial charge is 0.366 e. The van der Waals surface area contributed by atoms with Gasteiger partial charge in [0.15, 0.2) is 5.72 Å². The zero-order chi connectivity index (χ0) is 28.3. The average Bonchev–Trinajstić information content (AvgIpc) is 2.95. The van der Waals surface area contributed by atoms with E-state index in [1.165, 1.54) is 12.5 Å². The van der Waals surface area contributed by atoms with Crippen molar-refractivity contribution in [3.63, 3.8) is 0 Å². The summed E-state index contributed by atoms with van der Waals surface area (Å²) in [6.07, 6.45) is 5.52. The maximum absolute atomic E-state index is 13.1. The summed E-state index contributed by atoms with van der Waals surface area (Å²) in [5.41, 5.74) is 0.482. The van der Waals surface area contributed by atoms with E-state index >= 15 is 0 Å². The molecule has 2 fully saturated rings. The first kappa shape index (κ1) is 29.4. The van der Waals surface area contributed by atoms with Gasteiger partial charge in [0.05, 0.1) is 10.0 Å². The number of rotatable bonds is 7. The lowest BCUT2D eigenvalue weighted by Gasteiger charge is -2.57. The predicted octanol–water partition coefficient (Wildman–Crippen LogP) is 7.72. The van der Waals surface area contributed by atoms with Gasteiger partial charge in [-0.05, 0) is 99.5 Å². The molecular weight excluding hydrogens is 563 g/mol. The van der Waals surface area contributed by atoms with Gasteiger partial charge in [-0.1, -0.05) is 83.3 Å². The number of piperidine rings is 2. The van der Waals surface area contributed by atoms with Crippen LogP contribution in [-0.2, 0) is 22.4 Å². The Balaban J connectivity index is 1.47. The lowest BCUT2D eigenvalue weighted by Crippen LogP contribution is -2.65. The first-order valence-electron chi connectivity index (χ1n) is 14.2. The smallest absolute Gasteiger partial charge is 0.221 e. The lowest BCUT2D eigenvalue weighted by molar-refractivity contribution is -0.203. The van der Waals surface area contributed by atoms with E-state index in [2.05, 4.69) is 35.2 Å². The third-order valence-electron chi connectivity index (χ3n) is 9.05. The number of hydrogen-bond donors (Lipinski definition) is 1. The summed E-state index contributed by atoms with van der Waals surface area (Å²) in [5, 5.41) is 14.3. The Morgan fingerprint density at radius 1 is 0.900 bits per heavy atom. The number of amides is 1. The average molecular weight is 600 g/mol. The van der Waals surface area contributed by atoms with E-state index in [0.29, 0.717) is 45.9 Å². The Hall–Kier alpha value is -2.08. The first-order chi connectivity index (χ1) is 19.2. The molecular formula is C33H37Cl3N2O2. The maximum Gasteiger partial charge on any atom is 0.221 e. The van der Waals surface area contributed by atoms with Crippen LogP contribution in [0.1, 0.15) is 55.7 Å². The summed E-state index contributed by atoms with van der Waals surface area (Å²) in [4.78, 5) is 17.2. The van der Waals surface area contributed by atoms with Gasteiger partial charge in [0.25, 0.3) is 0 Å². The molecule has 0 bridgehead atoms. The van der Waals surface area contributed by atoms with Gasteiger partial charge in [-0.25, -0.2) is 0 Å². The van der Waals surface area contributed by atoms with Crippen molar-refractivity contribution in [1.82, 2.24) is 9.80 Å². The second kappa shape index (κ2) is 12.4. The Labute approximate surface area is 252 Å². The molecule has 2 saturated heterocycles. The Morgan fingerprint density at radius 3 is 2.33 bits per heavy atom. The zero-order valence-electron chi connectivity index (χ0n) is 23.0. The summed E-state index contributed by atoms with van der Waals surface area (Å²) in [6.45, 7) is 4.82. The molecule has 2 unspecified atom stereocenters. The summed E-state index contributed by atoms with van der Waals surface area (Å²) in [5.74, 6) is 0.502. The molecule has 0 radical (unpaired) electrons. The van der Waals surface area contributed by atoms with Crippen molar-refractivity contribution >= 4 is 40.7 Å². The van der Waals surface area contributed by atoms with Gasteiger partial charge in [0, 0.05) is 29.5 Å². The lowest BCUT2D eigenvalue weighted by atomic mass is 9.61. The van der Waals surface area contributed by atoms with Crippen molar-refractivity contribution in [3.8, 4) is 0 Å². The van der Waals surface area contributed by atoms with Crippen molar-refractivity contribution in [2.24, 2.45) is 5.92 Å². The molecule has 4 nitrogen and oxygen atoms in total. The second-order valence-corrected chi connectivity index (χ2v) is 12.6. The number of halogens is 3. The monoisotopic (exact) mass is 598 g/mol. The first-order valence-corrected chi connectivity index (χ1v) is 15.3. The molecule has 2 atom stereocenters.